The van der Waals surface area contributed by atoms with Crippen molar-refractivity contribution in [2.75, 3.05) is 0 Å². The molecule has 5 atom stereocenters. The molecule has 7 nitrogen and oxygen atoms in total. The van der Waals surface area contributed by atoms with Crippen molar-refractivity contribution in [3.8, 4) is 0 Å². The lowest BCUT2D eigenvalue weighted by molar-refractivity contribution is -0.0485. The summed E-state index contributed by atoms with van der Waals surface area (Å²) >= 11 is 3.58. The van der Waals surface area contributed by atoms with E-state index in [1.807, 2.05) is 24.6 Å². The summed E-state index contributed by atoms with van der Waals surface area (Å²) in [4.78, 5) is 0. The highest BCUT2D eigenvalue weighted by atomic mass is 79.9. The van der Waals surface area contributed by atoms with Crippen LogP contribution in [0.5, 0.6) is 0 Å². The van der Waals surface area contributed by atoms with Crippen molar-refractivity contribution in [3.63, 3.8) is 0 Å². The van der Waals surface area contributed by atoms with Gasteiger partial charge in [-0.15, -0.1) is 5.10 Å². The lowest BCUT2D eigenvalue weighted by Crippen LogP contribution is -2.63. The van der Waals surface area contributed by atoms with E-state index in [2.05, 4.69) is 60.1 Å². The van der Waals surface area contributed by atoms with Gasteiger partial charge in [-0.1, -0.05) is 33.2 Å². The Labute approximate surface area is 190 Å². The normalized spacial score (nSPS) is 31.1. The van der Waals surface area contributed by atoms with Crippen LogP contribution >= 0.6 is 15.9 Å². The van der Waals surface area contributed by atoms with E-state index in [0.29, 0.717) is 12.5 Å². The van der Waals surface area contributed by atoms with Gasteiger partial charge in [0.15, 0.2) is 5.82 Å². The molecule has 1 N–H and O–H groups in total. The molecule has 3 aliphatic carbocycles. The van der Waals surface area contributed by atoms with Crippen molar-refractivity contribution < 1.29 is 4.52 Å². The number of aromatic nitrogens is 5. The van der Waals surface area contributed by atoms with E-state index < -0.39 is 0 Å². The minimum Gasteiger partial charge on any atom is -0.361 e. The van der Waals surface area contributed by atoms with Crippen molar-refractivity contribution in [2.24, 2.45) is 23.7 Å². The van der Waals surface area contributed by atoms with E-state index in [0.717, 1.165) is 58.0 Å². The van der Waals surface area contributed by atoms with Gasteiger partial charge in [-0.05, 0) is 91.3 Å². The number of hydrogen-bond donors (Lipinski definition) is 1. The number of nitrogens with one attached hydrogen (secondary N) is 1. The van der Waals surface area contributed by atoms with Crippen molar-refractivity contribution >= 4 is 15.9 Å². The first-order chi connectivity index (χ1) is 15.0. The zero-order valence-corrected chi connectivity index (χ0v) is 19.5. The number of hydrogen-bond acceptors (Lipinski definition) is 6. The number of nitrogens with zero attached hydrogens (tertiary/aromatic N) is 5. The fraction of sp³-hybridized carbons (Fsp3) is 0.565. The molecule has 3 saturated carbocycles. The standard InChI is InChI=1S/C23H27BrN6O/c1-13-20(14(2)31-27-13)11-25-23(10-19-16-6-7-17(9-16)21(19)23)22-26-28-29-30(22)12-15-4-3-5-18(24)8-15/h3-5,8,16-17,19,21,25H,6-7,9-12H2,1-2H3/t16-,17+,19+,21-,23?/m1/s1. The van der Waals surface area contributed by atoms with Crippen LogP contribution in [-0.4, -0.2) is 25.4 Å². The van der Waals surface area contributed by atoms with Gasteiger partial charge >= 0.3 is 0 Å². The smallest absolute Gasteiger partial charge is 0.172 e. The van der Waals surface area contributed by atoms with Gasteiger partial charge < -0.3 is 9.84 Å². The van der Waals surface area contributed by atoms with Gasteiger partial charge in [-0.25, -0.2) is 4.68 Å². The molecule has 0 saturated heterocycles. The number of halogens is 1. The van der Waals surface area contributed by atoms with Crippen LogP contribution in [0, 0.1) is 37.5 Å². The molecule has 2 heterocycles. The molecule has 2 bridgehead atoms. The maximum atomic E-state index is 5.41. The fourth-order valence-electron chi connectivity index (χ4n) is 6.77. The third-order valence-corrected chi connectivity index (χ3v) is 8.62. The summed E-state index contributed by atoms with van der Waals surface area (Å²) in [6.07, 6.45) is 5.22. The molecule has 162 valence electrons. The Morgan fingerprint density at radius 2 is 2.13 bits per heavy atom. The highest BCUT2D eigenvalue weighted by Crippen LogP contribution is 2.67. The second kappa shape index (κ2) is 7.24. The lowest BCUT2D eigenvalue weighted by Gasteiger charge is -2.56. The summed E-state index contributed by atoms with van der Waals surface area (Å²) in [5.41, 5.74) is 3.11. The van der Waals surface area contributed by atoms with E-state index in [1.54, 1.807) is 0 Å². The Morgan fingerprint density at radius 3 is 2.90 bits per heavy atom. The van der Waals surface area contributed by atoms with Crippen molar-refractivity contribution in [1.82, 2.24) is 30.7 Å². The number of aryl methyl sites for hydroxylation is 2. The third-order valence-electron chi connectivity index (χ3n) is 8.13. The predicted octanol–water partition coefficient (Wildman–Crippen LogP) is 4.14. The molecule has 31 heavy (non-hydrogen) atoms. The molecule has 0 aliphatic heterocycles. The minimum absolute atomic E-state index is 0.184. The minimum atomic E-state index is -0.184. The molecule has 6 rings (SSSR count). The van der Waals surface area contributed by atoms with Gasteiger partial charge in [0.25, 0.3) is 0 Å². The Bertz CT molecular complexity index is 1100. The van der Waals surface area contributed by atoms with Crippen LogP contribution in [-0.2, 0) is 18.6 Å². The second-order valence-corrected chi connectivity index (χ2v) is 10.6. The Morgan fingerprint density at radius 1 is 1.26 bits per heavy atom. The highest BCUT2D eigenvalue weighted by molar-refractivity contribution is 9.10. The second-order valence-electron chi connectivity index (χ2n) is 9.64. The van der Waals surface area contributed by atoms with Crippen LogP contribution in [0.1, 0.15) is 54.1 Å². The summed E-state index contributed by atoms with van der Waals surface area (Å²) in [7, 11) is 0. The van der Waals surface area contributed by atoms with Crippen molar-refractivity contribution in [3.05, 3.63) is 57.1 Å². The van der Waals surface area contributed by atoms with E-state index in [4.69, 9.17) is 4.52 Å². The molecule has 3 aromatic rings. The molecule has 0 radical (unpaired) electrons. The molecule has 3 fully saturated rings. The van der Waals surface area contributed by atoms with Crippen LogP contribution in [0.15, 0.2) is 33.3 Å². The molecule has 3 aliphatic rings. The average Bonchev–Trinajstić information content (AvgIpc) is 3.49. The summed E-state index contributed by atoms with van der Waals surface area (Å²) < 4.78 is 8.49. The first-order valence-electron chi connectivity index (χ1n) is 11.2. The number of benzene rings is 1. The fourth-order valence-corrected chi connectivity index (χ4v) is 7.21. The number of rotatable bonds is 6. The third kappa shape index (κ3) is 3.02. The van der Waals surface area contributed by atoms with Crippen LogP contribution in [0.4, 0.5) is 0 Å². The van der Waals surface area contributed by atoms with Crippen LogP contribution in [0.3, 0.4) is 0 Å². The largest absolute Gasteiger partial charge is 0.361 e. The van der Waals surface area contributed by atoms with Gasteiger partial charge in [0.1, 0.15) is 5.76 Å². The Hall–Kier alpha value is -2.06. The SMILES string of the molecule is Cc1noc(C)c1CNC1(c2nnnn2Cc2cccc(Br)c2)C[C@H]2[C@@H]3CC[C@@H](C3)[C@H]21. The number of tetrazole rings is 1. The summed E-state index contributed by atoms with van der Waals surface area (Å²) in [6.45, 7) is 5.40. The van der Waals surface area contributed by atoms with Crippen LogP contribution in [0.25, 0.3) is 0 Å². The van der Waals surface area contributed by atoms with E-state index >= 15 is 0 Å². The van der Waals surface area contributed by atoms with Crippen molar-refractivity contribution in [2.45, 2.75) is 58.2 Å². The molecule has 1 aromatic carbocycles. The molecule has 2 aromatic heterocycles. The van der Waals surface area contributed by atoms with Gasteiger partial charge in [0.05, 0.1) is 17.8 Å². The first kappa shape index (κ1) is 19.6. The van der Waals surface area contributed by atoms with Crippen molar-refractivity contribution in [1.29, 1.82) is 0 Å². The van der Waals surface area contributed by atoms with Crippen LogP contribution in [0.2, 0.25) is 0 Å². The molecule has 0 amide bonds. The molecule has 1 unspecified atom stereocenters. The zero-order chi connectivity index (χ0) is 21.2. The Kier molecular flexibility index (Phi) is 4.58. The van der Waals surface area contributed by atoms with E-state index in [9.17, 15) is 0 Å². The average molecular weight is 483 g/mol. The van der Waals surface area contributed by atoms with E-state index in [1.165, 1.54) is 24.8 Å². The van der Waals surface area contributed by atoms with Gasteiger partial charge in [-0.2, -0.15) is 0 Å². The maximum Gasteiger partial charge on any atom is 0.172 e. The molecular formula is C23H27BrN6O. The predicted molar refractivity (Wildman–Crippen MR) is 118 cm³/mol. The monoisotopic (exact) mass is 482 g/mol. The summed E-state index contributed by atoms with van der Waals surface area (Å²) in [6, 6.07) is 8.37. The van der Waals surface area contributed by atoms with Gasteiger partial charge in [-0.3, -0.25) is 0 Å². The molecular weight excluding hydrogens is 456 g/mol. The van der Waals surface area contributed by atoms with Crippen LogP contribution < -0.4 is 5.32 Å². The molecule has 8 heteroatoms. The Balaban J connectivity index is 1.35. The highest BCUT2D eigenvalue weighted by Gasteiger charge is 2.66. The van der Waals surface area contributed by atoms with Gasteiger partial charge in [0.2, 0.25) is 0 Å². The molecule has 0 spiro atoms. The van der Waals surface area contributed by atoms with E-state index in [-0.39, 0.29) is 5.54 Å². The summed E-state index contributed by atoms with van der Waals surface area (Å²) in [5, 5.41) is 21.2. The first-order valence-corrected chi connectivity index (χ1v) is 12.0. The lowest BCUT2D eigenvalue weighted by atomic mass is 9.53. The number of fused-ring (bicyclic) bond motifs is 5. The summed E-state index contributed by atoms with van der Waals surface area (Å²) in [5.74, 6) is 4.94. The topological polar surface area (TPSA) is 81.7 Å². The quantitative estimate of drug-likeness (QED) is 0.568. The zero-order valence-electron chi connectivity index (χ0n) is 17.9. The maximum absolute atomic E-state index is 5.41. The van der Waals surface area contributed by atoms with Gasteiger partial charge in [0, 0.05) is 16.6 Å².